The van der Waals surface area contributed by atoms with E-state index in [0.717, 1.165) is 28.9 Å². The lowest BCUT2D eigenvalue weighted by molar-refractivity contribution is -0.119. The number of hydrazone groups is 1. The Hall–Kier alpha value is -1.84. The number of nitrogens with one attached hydrogen (secondary N) is 2. The second kappa shape index (κ2) is 7.81. The van der Waals surface area contributed by atoms with Crippen LogP contribution >= 0.6 is 0 Å². The lowest BCUT2D eigenvalue weighted by Crippen LogP contribution is -2.27. The van der Waals surface area contributed by atoms with Crippen molar-refractivity contribution in [2.24, 2.45) is 11.0 Å². The summed E-state index contributed by atoms with van der Waals surface area (Å²) in [6, 6.07) is 4.22. The summed E-state index contributed by atoms with van der Waals surface area (Å²) in [5.41, 5.74) is 8.12. The molecular weight excluding hydrogens is 262 g/mol. The Kier molecular flexibility index (Phi) is 6.40. The van der Waals surface area contributed by atoms with E-state index < -0.39 is 0 Å². The zero-order valence-corrected chi connectivity index (χ0v) is 14.0. The molecular formula is C17H27N3O. The van der Waals surface area contributed by atoms with E-state index in [2.05, 4.69) is 48.7 Å². The van der Waals surface area contributed by atoms with E-state index in [9.17, 15) is 4.79 Å². The molecule has 0 aliphatic rings. The molecule has 1 rings (SSSR count). The van der Waals surface area contributed by atoms with Crippen LogP contribution in [-0.2, 0) is 4.79 Å². The van der Waals surface area contributed by atoms with Gasteiger partial charge >= 0.3 is 0 Å². The summed E-state index contributed by atoms with van der Waals surface area (Å²) in [5, 5.41) is 7.34. The molecule has 2 N–H and O–H groups in total. The Labute approximate surface area is 128 Å². The number of anilines is 1. The van der Waals surface area contributed by atoms with Crippen molar-refractivity contribution in [3.8, 4) is 0 Å². The molecule has 0 heterocycles. The van der Waals surface area contributed by atoms with Gasteiger partial charge in [0.25, 0.3) is 5.91 Å². The lowest BCUT2D eigenvalue weighted by Gasteiger charge is -2.13. The van der Waals surface area contributed by atoms with Crippen LogP contribution in [0.3, 0.4) is 0 Å². The summed E-state index contributed by atoms with van der Waals surface area (Å²) >= 11 is 0. The highest BCUT2D eigenvalue weighted by molar-refractivity contribution is 5.87. The first-order valence-corrected chi connectivity index (χ1v) is 7.49. The van der Waals surface area contributed by atoms with Gasteiger partial charge in [-0.05, 0) is 51.2 Å². The van der Waals surface area contributed by atoms with E-state index in [0.29, 0.717) is 5.92 Å². The van der Waals surface area contributed by atoms with Crippen molar-refractivity contribution in [1.29, 1.82) is 0 Å². The molecule has 0 radical (unpaired) electrons. The van der Waals surface area contributed by atoms with Gasteiger partial charge in [0.2, 0.25) is 0 Å². The summed E-state index contributed by atoms with van der Waals surface area (Å²) in [6.07, 6.45) is 1.02. The summed E-state index contributed by atoms with van der Waals surface area (Å²) in [6.45, 7) is 12.5. The van der Waals surface area contributed by atoms with Crippen LogP contribution in [0.1, 0.15) is 43.9 Å². The molecule has 116 valence electrons. The van der Waals surface area contributed by atoms with Gasteiger partial charge in [-0.2, -0.15) is 5.10 Å². The molecule has 4 heteroatoms. The number of carbonyl (C=O) groups excluding carboxylic acids is 1. The molecule has 0 unspecified atom stereocenters. The fourth-order valence-corrected chi connectivity index (χ4v) is 2.22. The second-order valence-electron chi connectivity index (χ2n) is 5.72. The number of hydrogen-bond acceptors (Lipinski definition) is 3. The highest BCUT2D eigenvalue weighted by Crippen LogP contribution is 2.21. The van der Waals surface area contributed by atoms with Gasteiger partial charge in [-0.15, -0.1) is 0 Å². The Morgan fingerprint density at radius 2 is 1.81 bits per heavy atom. The monoisotopic (exact) mass is 289 g/mol. The van der Waals surface area contributed by atoms with Gasteiger partial charge in [0.15, 0.2) is 0 Å². The number of hydrogen-bond donors (Lipinski definition) is 2. The fraction of sp³-hybridized carbons (Fsp3) is 0.529. The van der Waals surface area contributed by atoms with E-state index in [1.807, 2.05) is 20.8 Å². The summed E-state index contributed by atoms with van der Waals surface area (Å²) < 4.78 is 0. The van der Waals surface area contributed by atoms with Gasteiger partial charge in [0.05, 0.1) is 6.54 Å². The second-order valence-corrected chi connectivity index (χ2v) is 5.72. The molecule has 1 amide bonds. The van der Waals surface area contributed by atoms with Crippen LogP contribution in [0, 0.1) is 26.7 Å². The van der Waals surface area contributed by atoms with Crippen molar-refractivity contribution in [3.05, 3.63) is 28.8 Å². The van der Waals surface area contributed by atoms with E-state index >= 15 is 0 Å². The quantitative estimate of drug-likeness (QED) is 0.621. The highest BCUT2D eigenvalue weighted by Gasteiger charge is 2.07. The molecule has 0 aromatic heterocycles. The number of nitrogens with zero attached hydrogens (tertiary/aromatic N) is 1. The number of rotatable bonds is 6. The maximum atomic E-state index is 11.8. The predicted molar refractivity (Wildman–Crippen MR) is 89.8 cm³/mol. The highest BCUT2D eigenvalue weighted by atomic mass is 16.2. The van der Waals surface area contributed by atoms with E-state index in [4.69, 9.17) is 0 Å². The van der Waals surface area contributed by atoms with Gasteiger partial charge in [0, 0.05) is 11.4 Å². The van der Waals surface area contributed by atoms with Gasteiger partial charge in [0.1, 0.15) is 0 Å². The van der Waals surface area contributed by atoms with Gasteiger partial charge in [-0.1, -0.05) is 31.5 Å². The van der Waals surface area contributed by atoms with Crippen LogP contribution < -0.4 is 10.7 Å². The first-order chi connectivity index (χ1) is 9.85. The molecule has 0 bridgehead atoms. The Bertz CT molecular complexity index is 512. The van der Waals surface area contributed by atoms with Crippen molar-refractivity contribution in [3.63, 3.8) is 0 Å². The fourth-order valence-electron chi connectivity index (χ4n) is 2.22. The third kappa shape index (κ3) is 5.21. The van der Waals surface area contributed by atoms with Crippen molar-refractivity contribution in [1.82, 2.24) is 5.43 Å². The molecule has 1 aromatic rings. The minimum atomic E-state index is -0.128. The topological polar surface area (TPSA) is 53.5 Å². The standard InChI is InChI=1S/C17H27N3O/c1-7-12(3)15(6)19-20-16(21)10-18-17-13(4)8-11(2)9-14(17)5/h8-9,12,18H,7,10H2,1-6H3,(H,20,21)/b19-15-/t12-/m0/s1. The zero-order valence-electron chi connectivity index (χ0n) is 14.0. The van der Waals surface area contributed by atoms with Crippen molar-refractivity contribution >= 4 is 17.3 Å². The summed E-state index contributed by atoms with van der Waals surface area (Å²) in [7, 11) is 0. The van der Waals surface area contributed by atoms with Gasteiger partial charge in [-0.25, -0.2) is 5.43 Å². The first kappa shape index (κ1) is 17.2. The predicted octanol–water partition coefficient (Wildman–Crippen LogP) is 3.56. The zero-order chi connectivity index (χ0) is 16.0. The smallest absolute Gasteiger partial charge is 0.259 e. The van der Waals surface area contributed by atoms with Crippen LogP contribution in [0.25, 0.3) is 0 Å². The van der Waals surface area contributed by atoms with Crippen LogP contribution in [-0.4, -0.2) is 18.2 Å². The van der Waals surface area contributed by atoms with Crippen molar-refractivity contribution in [2.45, 2.75) is 48.0 Å². The molecule has 4 nitrogen and oxygen atoms in total. The Morgan fingerprint density at radius 1 is 1.24 bits per heavy atom. The molecule has 0 aliphatic heterocycles. The SMILES string of the molecule is CC[C@H](C)/C(C)=N\NC(=O)CNc1c(C)cc(C)cc1C. The van der Waals surface area contributed by atoms with Crippen molar-refractivity contribution < 1.29 is 4.79 Å². The maximum Gasteiger partial charge on any atom is 0.259 e. The first-order valence-electron chi connectivity index (χ1n) is 7.49. The molecule has 0 spiro atoms. The van der Waals surface area contributed by atoms with E-state index in [1.165, 1.54) is 5.56 Å². The summed E-state index contributed by atoms with van der Waals surface area (Å²) in [5.74, 6) is 0.261. The molecule has 1 atom stereocenters. The van der Waals surface area contributed by atoms with Crippen LogP contribution in [0.5, 0.6) is 0 Å². The van der Waals surface area contributed by atoms with Crippen LogP contribution in [0.15, 0.2) is 17.2 Å². The minimum absolute atomic E-state index is 0.128. The number of benzene rings is 1. The molecule has 0 saturated heterocycles. The molecule has 1 aromatic carbocycles. The lowest BCUT2D eigenvalue weighted by atomic mass is 10.1. The molecule has 0 aliphatic carbocycles. The average molecular weight is 289 g/mol. The van der Waals surface area contributed by atoms with Gasteiger partial charge < -0.3 is 5.32 Å². The van der Waals surface area contributed by atoms with Crippen LogP contribution in [0.2, 0.25) is 0 Å². The summed E-state index contributed by atoms with van der Waals surface area (Å²) in [4.78, 5) is 11.8. The van der Waals surface area contributed by atoms with Crippen molar-refractivity contribution in [2.75, 3.05) is 11.9 Å². The Morgan fingerprint density at radius 3 is 2.33 bits per heavy atom. The average Bonchev–Trinajstić information content (AvgIpc) is 2.42. The molecule has 0 fully saturated rings. The van der Waals surface area contributed by atoms with Crippen LogP contribution in [0.4, 0.5) is 5.69 Å². The molecule has 21 heavy (non-hydrogen) atoms. The third-order valence-corrected chi connectivity index (χ3v) is 3.79. The minimum Gasteiger partial charge on any atom is -0.376 e. The maximum absolute atomic E-state index is 11.8. The number of amides is 1. The largest absolute Gasteiger partial charge is 0.376 e. The van der Waals surface area contributed by atoms with E-state index in [1.54, 1.807) is 0 Å². The normalized spacial score (nSPS) is 13.0. The Balaban J connectivity index is 2.58. The van der Waals surface area contributed by atoms with Gasteiger partial charge in [-0.3, -0.25) is 4.79 Å². The number of carbonyl (C=O) groups is 1. The van der Waals surface area contributed by atoms with E-state index in [-0.39, 0.29) is 12.5 Å². The third-order valence-electron chi connectivity index (χ3n) is 3.79. The number of aryl methyl sites for hydroxylation is 3. The molecule has 0 saturated carbocycles.